The molecule has 0 spiro atoms. The van der Waals surface area contributed by atoms with Crippen LogP contribution in [0.4, 0.5) is 5.69 Å². The van der Waals surface area contributed by atoms with Crippen molar-refractivity contribution in [2.75, 3.05) is 26.2 Å². The number of anilines is 1. The minimum Gasteiger partial charge on any atom is -0.493 e. The van der Waals surface area contributed by atoms with Gasteiger partial charge in [0.05, 0.1) is 27.0 Å². The largest absolute Gasteiger partial charge is 0.493 e. The Balaban J connectivity index is 1.65. The fraction of sp³-hybridized carbons (Fsp3) is 0.286. The zero-order valence-corrected chi connectivity index (χ0v) is 17.0. The first-order valence-electron chi connectivity index (χ1n) is 9.25. The van der Waals surface area contributed by atoms with Crippen LogP contribution in [-0.4, -0.2) is 43.5 Å². The van der Waals surface area contributed by atoms with Crippen molar-refractivity contribution in [1.29, 1.82) is 0 Å². The average molecular weight is 411 g/mol. The second-order valence-corrected chi connectivity index (χ2v) is 6.58. The van der Waals surface area contributed by atoms with Crippen molar-refractivity contribution in [2.45, 2.75) is 19.6 Å². The molecule has 1 aliphatic heterocycles. The molecule has 0 radical (unpaired) electrons. The number of carbonyl (C=O) groups is 1. The molecule has 1 aromatic heterocycles. The van der Waals surface area contributed by atoms with Crippen LogP contribution < -0.4 is 23.8 Å². The van der Waals surface area contributed by atoms with Crippen LogP contribution in [0.5, 0.6) is 23.0 Å². The zero-order valence-electron chi connectivity index (χ0n) is 17.0. The van der Waals surface area contributed by atoms with E-state index in [1.165, 1.54) is 21.3 Å². The van der Waals surface area contributed by atoms with Crippen LogP contribution in [0.25, 0.3) is 11.4 Å². The van der Waals surface area contributed by atoms with Gasteiger partial charge in [-0.3, -0.25) is 9.69 Å². The normalized spacial score (nSPS) is 15.4. The quantitative estimate of drug-likeness (QED) is 0.611. The Kier molecular flexibility index (Phi) is 5.18. The minimum absolute atomic E-state index is 0.126. The summed E-state index contributed by atoms with van der Waals surface area (Å²) in [5.41, 5.74) is 1.29. The minimum atomic E-state index is -0.600. The number of hydrogen-bond donors (Lipinski definition) is 0. The molecule has 1 amide bonds. The molecule has 0 aliphatic carbocycles. The fourth-order valence-electron chi connectivity index (χ4n) is 3.30. The van der Waals surface area contributed by atoms with Crippen molar-refractivity contribution in [3.8, 4) is 34.4 Å². The second kappa shape index (κ2) is 7.94. The molecular weight excluding hydrogens is 390 g/mol. The Morgan fingerprint density at radius 1 is 1.07 bits per heavy atom. The first kappa shape index (κ1) is 19.6. The van der Waals surface area contributed by atoms with Crippen LogP contribution in [-0.2, 0) is 11.3 Å². The number of rotatable bonds is 6. The van der Waals surface area contributed by atoms with E-state index < -0.39 is 6.10 Å². The summed E-state index contributed by atoms with van der Waals surface area (Å²) in [6.07, 6.45) is -0.600. The molecular formula is C21H21N3O6. The van der Waals surface area contributed by atoms with Crippen molar-refractivity contribution in [1.82, 2.24) is 10.1 Å². The smallest absolute Gasteiger partial charge is 0.268 e. The molecule has 0 bridgehead atoms. The summed E-state index contributed by atoms with van der Waals surface area (Å²) in [7, 11) is 4.60. The van der Waals surface area contributed by atoms with Gasteiger partial charge in [0.1, 0.15) is 12.3 Å². The van der Waals surface area contributed by atoms with Gasteiger partial charge < -0.3 is 23.5 Å². The number of para-hydroxylation sites is 2. The molecule has 2 heterocycles. The van der Waals surface area contributed by atoms with Gasteiger partial charge in [0.25, 0.3) is 5.91 Å². The van der Waals surface area contributed by atoms with Crippen LogP contribution in [0.15, 0.2) is 40.9 Å². The summed E-state index contributed by atoms with van der Waals surface area (Å²) in [4.78, 5) is 18.7. The molecule has 3 aromatic rings. The second-order valence-electron chi connectivity index (χ2n) is 6.58. The number of hydrogen-bond acceptors (Lipinski definition) is 8. The molecule has 0 saturated carbocycles. The van der Waals surface area contributed by atoms with Crippen LogP contribution >= 0.6 is 0 Å². The number of nitrogens with zero attached hydrogens (tertiary/aromatic N) is 3. The number of carbonyl (C=O) groups excluding carboxylic acids is 1. The highest BCUT2D eigenvalue weighted by atomic mass is 16.5. The lowest BCUT2D eigenvalue weighted by atomic mass is 10.1. The average Bonchev–Trinajstić information content (AvgIpc) is 3.24. The molecule has 0 saturated heterocycles. The lowest BCUT2D eigenvalue weighted by Gasteiger charge is -2.31. The Bertz CT molecular complexity index is 1060. The van der Waals surface area contributed by atoms with Crippen LogP contribution in [0.3, 0.4) is 0 Å². The molecule has 0 unspecified atom stereocenters. The summed E-state index contributed by atoms with van der Waals surface area (Å²) in [5, 5.41) is 4.05. The Morgan fingerprint density at radius 2 is 1.77 bits per heavy atom. The third-order valence-corrected chi connectivity index (χ3v) is 4.76. The summed E-state index contributed by atoms with van der Waals surface area (Å²) in [6, 6.07) is 10.8. The topological polar surface area (TPSA) is 96.2 Å². The van der Waals surface area contributed by atoms with Gasteiger partial charge in [-0.25, -0.2) is 0 Å². The van der Waals surface area contributed by atoms with Crippen molar-refractivity contribution >= 4 is 11.6 Å². The number of benzene rings is 2. The maximum absolute atomic E-state index is 12.7. The van der Waals surface area contributed by atoms with E-state index in [0.29, 0.717) is 40.1 Å². The molecule has 0 fully saturated rings. The Labute approximate surface area is 173 Å². The highest BCUT2D eigenvalue weighted by molar-refractivity contribution is 5.99. The van der Waals surface area contributed by atoms with Gasteiger partial charge >= 0.3 is 0 Å². The van der Waals surface area contributed by atoms with Gasteiger partial charge in [-0.05, 0) is 31.2 Å². The van der Waals surface area contributed by atoms with E-state index in [-0.39, 0.29) is 18.3 Å². The number of ether oxygens (including phenoxy) is 4. The van der Waals surface area contributed by atoms with Crippen LogP contribution in [0.1, 0.15) is 12.8 Å². The van der Waals surface area contributed by atoms with E-state index in [4.69, 9.17) is 23.5 Å². The number of amides is 1. The maximum Gasteiger partial charge on any atom is 0.268 e. The Hall–Kier alpha value is -3.75. The van der Waals surface area contributed by atoms with E-state index in [1.54, 1.807) is 24.0 Å². The number of methoxy groups -OCH3 is 3. The molecule has 9 heteroatoms. The molecule has 1 aliphatic rings. The summed E-state index contributed by atoms with van der Waals surface area (Å²) in [6.45, 7) is 1.83. The van der Waals surface area contributed by atoms with Crippen LogP contribution in [0, 0.1) is 0 Å². The zero-order chi connectivity index (χ0) is 21.3. The maximum atomic E-state index is 12.7. The first-order chi connectivity index (χ1) is 14.5. The fourth-order valence-corrected chi connectivity index (χ4v) is 3.30. The van der Waals surface area contributed by atoms with Crippen molar-refractivity contribution in [3.05, 3.63) is 42.3 Å². The molecule has 1 atom stereocenters. The van der Waals surface area contributed by atoms with Gasteiger partial charge in [-0.15, -0.1) is 0 Å². The van der Waals surface area contributed by atoms with Crippen molar-refractivity contribution in [3.63, 3.8) is 0 Å². The van der Waals surface area contributed by atoms with Crippen LogP contribution in [0.2, 0.25) is 0 Å². The monoisotopic (exact) mass is 411 g/mol. The lowest BCUT2D eigenvalue weighted by molar-refractivity contribution is -0.125. The van der Waals surface area contributed by atoms with Gasteiger partial charge in [0, 0.05) is 5.56 Å². The summed E-state index contributed by atoms with van der Waals surface area (Å²) >= 11 is 0. The lowest BCUT2D eigenvalue weighted by Crippen LogP contribution is -2.44. The van der Waals surface area contributed by atoms with E-state index in [1.807, 2.05) is 24.3 Å². The van der Waals surface area contributed by atoms with Crippen molar-refractivity contribution in [2.24, 2.45) is 0 Å². The molecule has 9 nitrogen and oxygen atoms in total. The number of aromatic nitrogens is 2. The van der Waals surface area contributed by atoms with E-state index in [9.17, 15) is 4.79 Å². The Morgan fingerprint density at radius 3 is 2.43 bits per heavy atom. The standard InChI is InChI=1S/C21H21N3O6/c1-12-21(25)24(14-7-5-6-8-15(14)29-12)11-18-22-20(23-30-18)13-9-16(26-2)19(28-4)17(10-13)27-3/h5-10,12H,11H2,1-4H3/t12-/m1/s1. The highest BCUT2D eigenvalue weighted by Crippen LogP contribution is 2.41. The van der Waals surface area contributed by atoms with Crippen molar-refractivity contribution < 1.29 is 28.3 Å². The van der Waals surface area contributed by atoms with Gasteiger partial charge in [-0.1, -0.05) is 17.3 Å². The van der Waals surface area contributed by atoms with Gasteiger partial charge in [0.15, 0.2) is 17.6 Å². The summed E-state index contributed by atoms with van der Waals surface area (Å²) < 4.78 is 27.2. The first-order valence-corrected chi connectivity index (χ1v) is 9.25. The molecule has 156 valence electrons. The molecule has 30 heavy (non-hydrogen) atoms. The van der Waals surface area contributed by atoms with E-state index in [0.717, 1.165) is 0 Å². The molecule has 4 rings (SSSR count). The third kappa shape index (κ3) is 3.38. The van der Waals surface area contributed by atoms with Gasteiger partial charge in [-0.2, -0.15) is 4.98 Å². The molecule has 2 aromatic carbocycles. The predicted molar refractivity (Wildman–Crippen MR) is 107 cm³/mol. The predicted octanol–water partition coefficient (Wildman–Crippen LogP) is 3.08. The SMILES string of the molecule is COc1cc(-c2noc(CN3C(=O)[C@@H](C)Oc4ccccc43)n2)cc(OC)c1OC. The number of fused-ring (bicyclic) bond motifs is 1. The third-order valence-electron chi connectivity index (χ3n) is 4.76. The summed E-state index contributed by atoms with van der Waals surface area (Å²) in [5.74, 6) is 2.50. The van der Waals surface area contributed by atoms with E-state index >= 15 is 0 Å². The molecule has 0 N–H and O–H groups in total. The van der Waals surface area contributed by atoms with Gasteiger partial charge in [0.2, 0.25) is 17.5 Å². The highest BCUT2D eigenvalue weighted by Gasteiger charge is 2.32. The van der Waals surface area contributed by atoms with E-state index in [2.05, 4.69) is 10.1 Å².